The summed E-state index contributed by atoms with van der Waals surface area (Å²) in [6.45, 7) is -0.462. The highest BCUT2D eigenvalue weighted by molar-refractivity contribution is 9.10. The first-order valence-electron chi connectivity index (χ1n) is 8.58. The van der Waals surface area contributed by atoms with Gasteiger partial charge >= 0.3 is 5.97 Å². The summed E-state index contributed by atoms with van der Waals surface area (Å²) in [5, 5.41) is 0.138. The standard InChI is InChI=1S/C20H15BrClFN2O5/c1-30-19(29)20(8-16(24)26)14-7-12(22)4-5-13(14)17(27)25(18(20)28)9-10-2-3-11(21)6-15(10)23/h2-7H,8-9H2,1H3,(H2,24,26). The van der Waals surface area contributed by atoms with Gasteiger partial charge in [-0.3, -0.25) is 24.1 Å². The maximum absolute atomic E-state index is 14.4. The third kappa shape index (κ3) is 3.59. The normalized spacial score (nSPS) is 18.2. The molecule has 0 aliphatic carbocycles. The van der Waals surface area contributed by atoms with Crippen LogP contribution < -0.4 is 5.73 Å². The maximum Gasteiger partial charge on any atom is 0.326 e. The van der Waals surface area contributed by atoms with Crippen LogP contribution in [0.25, 0.3) is 0 Å². The number of carbonyl (C=O) groups excluding carboxylic acids is 4. The topological polar surface area (TPSA) is 107 Å². The molecular weight excluding hydrogens is 483 g/mol. The van der Waals surface area contributed by atoms with E-state index in [0.29, 0.717) is 9.37 Å². The molecule has 30 heavy (non-hydrogen) atoms. The van der Waals surface area contributed by atoms with E-state index < -0.39 is 47.9 Å². The predicted octanol–water partition coefficient (Wildman–Crippen LogP) is 2.71. The van der Waals surface area contributed by atoms with E-state index in [9.17, 15) is 23.6 Å². The van der Waals surface area contributed by atoms with E-state index in [1.165, 1.54) is 30.3 Å². The lowest BCUT2D eigenvalue weighted by atomic mass is 9.71. The van der Waals surface area contributed by atoms with E-state index in [0.717, 1.165) is 7.11 Å². The zero-order chi connectivity index (χ0) is 22.2. The first kappa shape index (κ1) is 21.9. The minimum absolute atomic E-state index is 0.0372. The van der Waals surface area contributed by atoms with E-state index >= 15 is 0 Å². The molecule has 2 aromatic carbocycles. The van der Waals surface area contributed by atoms with Gasteiger partial charge in [-0.1, -0.05) is 33.6 Å². The molecule has 1 unspecified atom stereocenters. The van der Waals surface area contributed by atoms with Crippen molar-refractivity contribution >= 4 is 51.2 Å². The van der Waals surface area contributed by atoms with E-state index in [4.69, 9.17) is 22.1 Å². The number of halogens is 3. The van der Waals surface area contributed by atoms with Crippen molar-refractivity contribution in [3.63, 3.8) is 0 Å². The molecular formula is C20H15BrClFN2O5. The summed E-state index contributed by atoms with van der Waals surface area (Å²) < 4.78 is 19.6. The molecule has 10 heteroatoms. The number of nitrogens with two attached hydrogens (primary N) is 1. The van der Waals surface area contributed by atoms with Gasteiger partial charge in [-0.05, 0) is 35.9 Å². The molecule has 1 atom stereocenters. The number of primary amides is 1. The van der Waals surface area contributed by atoms with Crippen LogP contribution in [0.15, 0.2) is 40.9 Å². The second-order valence-corrected chi connectivity index (χ2v) is 8.01. The van der Waals surface area contributed by atoms with Gasteiger partial charge in [0.25, 0.3) is 11.8 Å². The summed E-state index contributed by atoms with van der Waals surface area (Å²) in [5.41, 5.74) is 3.03. The highest BCUT2D eigenvalue weighted by atomic mass is 79.9. The molecule has 0 radical (unpaired) electrons. The Hall–Kier alpha value is -2.78. The van der Waals surface area contributed by atoms with Crippen LogP contribution in [0, 0.1) is 5.82 Å². The van der Waals surface area contributed by atoms with Crippen LogP contribution in [0.3, 0.4) is 0 Å². The van der Waals surface area contributed by atoms with E-state index in [1.807, 2.05) is 0 Å². The Morgan fingerprint density at radius 1 is 1.23 bits per heavy atom. The highest BCUT2D eigenvalue weighted by Crippen LogP contribution is 2.41. The molecule has 0 bridgehead atoms. The quantitative estimate of drug-likeness (QED) is 0.388. The van der Waals surface area contributed by atoms with E-state index in [-0.39, 0.29) is 21.7 Å². The number of benzene rings is 2. The van der Waals surface area contributed by atoms with Crippen LogP contribution in [0.4, 0.5) is 4.39 Å². The molecule has 2 aromatic rings. The molecule has 3 amide bonds. The number of hydrogen-bond acceptors (Lipinski definition) is 5. The number of rotatable bonds is 5. The van der Waals surface area contributed by atoms with Crippen molar-refractivity contribution in [2.45, 2.75) is 18.4 Å². The molecule has 1 heterocycles. The zero-order valence-electron chi connectivity index (χ0n) is 15.6. The third-order valence-corrected chi connectivity index (χ3v) is 5.57. The van der Waals surface area contributed by atoms with Crippen LogP contribution in [0.5, 0.6) is 0 Å². The first-order valence-corrected chi connectivity index (χ1v) is 9.76. The molecule has 1 aliphatic rings. The van der Waals surface area contributed by atoms with Crippen LogP contribution in [0.2, 0.25) is 5.02 Å². The van der Waals surface area contributed by atoms with Crippen LogP contribution >= 0.6 is 27.5 Å². The Morgan fingerprint density at radius 3 is 2.53 bits per heavy atom. The molecule has 0 saturated heterocycles. The third-order valence-electron chi connectivity index (χ3n) is 4.84. The Balaban J connectivity index is 2.23. The van der Waals surface area contributed by atoms with E-state index in [2.05, 4.69) is 15.9 Å². The molecule has 1 aliphatic heterocycles. The molecule has 2 N–H and O–H groups in total. The number of esters is 1. The lowest BCUT2D eigenvalue weighted by Crippen LogP contribution is -2.59. The fourth-order valence-electron chi connectivity index (χ4n) is 3.48. The van der Waals surface area contributed by atoms with Crippen LogP contribution in [0.1, 0.15) is 27.9 Å². The number of nitrogens with zero attached hydrogens (tertiary/aromatic N) is 1. The molecule has 0 saturated carbocycles. The molecule has 0 fully saturated rings. The van der Waals surface area contributed by atoms with Crippen molar-refractivity contribution in [3.8, 4) is 0 Å². The Labute approximate surface area is 184 Å². The summed E-state index contributed by atoms with van der Waals surface area (Å²) >= 11 is 9.16. The van der Waals surface area contributed by atoms with Gasteiger partial charge in [0.2, 0.25) is 5.91 Å². The molecule has 156 valence electrons. The second kappa shape index (κ2) is 8.16. The van der Waals surface area contributed by atoms with Gasteiger partial charge in [0.05, 0.1) is 20.1 Å². The summed E-state index contributed by atoms with van der Waals surface area (Å²) in [6, 6.07) is 8.10. The average Bonchev–Trinajstić information content (AvgIpc) is 2.69. The largest absolute Gasteiger partial charge is 0.468 e. The highest BCUT2D eigenvalue weighted by Gasteiger charge is 2.57. The summed E-state index contributed by atoms with van der Waals surface area (Å²) in [4.78, 5) is 51.9. The van der Waals surface area contributed by atoms with Crippen LogP contribution in [-0.2, 0) is 31.1 Å². The van der Waals surface area contributed by atoms with Crippen LogP contribution in [-0.4, -0.2) is 35.7 Å². The molecule has 7 nitrogen and oxygen atoms in total. The lowest BCUT2D eigenvalue weighted by Gasteiger charge is -2.39. The number of hydrogen-bond donors (Lipinski definition) is 1. The SMILES string of the molecule is COC(=O)C1(CC(N)=O)C(=O)N(Cc2ccc(Br)cc2F)C(=O)c2ccc(Cl)cc21. The summed E-state index contributed by atoms with van der Waals surface area (Å²) in [5.74, 6) is -4.52. The maximum atomic E-state index is 14.4. The molecule has 3 rings (SSSR count). The van der Waals surface area contributed by atoms with Gasteiger partial charge in [0, 0.05) is 20.6 Å². The number of amides is 3. The van der Waals surface area contributed by atoms with Gasteiger partial charge in [-0.2, -0.15) is 0 Å². The number of fused-ring (bicyclic) bond motifs is 1. The number of ether oxygens (including phenoxy) is 1. The van der Waals surface area contributed by atoms with Gasteiger partial charge < -0.3 is 10.5 Å². The monoisotopic (exact) mass is 496 g/mol. The lowest BCUT2D eigenvalue weighted by molar-refractivity contribution is -0.158. The van der Waals surface area contributed by atoms with Crippen molar-refractivity contribution in [3.05, 3.63) is 68.4 Å². The predicted molar refractivity (Wildman–Crippen MR) is 108 cm³/mol. The van der Waals surface area contributed by atoms with Crippen molar-refractivity contribution in [2.75, 3.05) is 7.11 Å². The van der Waals surface area contributed by atoms with Crippen molar-refractivity contribution < 1.29 is 28.3 Å². The van der Waals surface area contributed by atoms with Crippen molar-refractivity contribution in [1.29, 1.82) is 0 Å². The second-order valence-electron chi connectivity index (χ2n) is 6.66. The summed E-state index contributed by atoms with van der Waals surface area (Å²) in [6.07, 6.45) is -0.752. The van der Waals surface area contributed by atoms with Gasteiger partial charge in [0.15, 0.2) is 5.41 Å². The number of carbonyl (C=O) groups is 4. The molecule has 0 aromatic heterocycles. The average molecular weight is 498 g/mol. The van der Waals surface area contributed by atoms with Gasteiger partial charge in [-0.15, -0.1) is 0 Å². The van der Waals surface area contributed by atoms with E-state index in [1.54, 1.807) is 6.07 Å². The van der Waals surface area contributed by atoms with Crippen molar-refractivity contribution in [2.24, 2.45) is 5.73 Å². The van der Waals surface area contributed by atoms with Crippen molar-refractivity contribution in [1.82, 2.24) is 4.90 Å². The fraction of sp³-hybridized carbons (Fsp3) is 0.200. The Kier molecular flexibility index (Phi) is 5.96. The number of imide groups is 1. The Bertz CT molecular complexity index is 1090. The van der Waals surface area contributed by atoms with Gasteiger partial charge in [0.1, 0.15) is 5.82 Å². The molecule has 0 spiro atoms. The summed E-state index contributed by atoms with van der Waals surface area (Å²) in [7, 11) is 1.04. The smallest absolute Gasteiger partial charge is 0.326 e. The number of methoxy groups -OCH3 is 1. The fourth-order valence-corrected chi connectivity index (χ4v) is 3.98. The minimum Gasteiger partial charge on any atom is -0.468 e. The Morgan fingerprint density at radius 2 is 1.93 bits per heavy atom. The zero-order valence-corrected chi connectivity index (χ0v) is 17.9. The van der Waals surface area contributed by atoms with Gasteiger partial charge in [-0.25, -0.2) is 4.39 Å². The first-order chi connectivity index (χ1) is 14.1. The minimum atomic E-state index is -2.22.